The largest absolute Gasteiger partial charge is 0.346 e. The zero-order valence-corrected chi connectivity index (χ0v) is 14.6. The maximum absolute atomic E-state index is 4.74. The first-order valence-corrected chi connectivity index (χ1v) is 9.21. The fraction of sp³-hybridized carbons (Fsp3) is 0.300. The first-order chi connectivity index (χ1) is 12.8. The lowest BCUT2D eigenvalue weighted by Gasteiger charge is -2.33. The summed E-state index contributed by atoms with van der Waals surface area (Å²) in [6, 6.07) is 14.9. The van der Waals surface area contributed by atoms with E-state index in [-0.39, 0.29) is 0 Å². The Labute approximate surface area is 151 Å². The number of rotatable bonds is 4. The van der Waals surface area contributed by atoms with E-state index in [1.807, 2.05) is 24.4 Å². The fourth-order valence-electron chi connectivity index (χ4n) is 3.74. The zero-order valence-electron chi connectivity index (χ0n) is 14.6. The topological polar surface area (TPSA) is 72.6 Å². The Hall–Kier alpha value is -2.86. The Morgan fingerprint density at radius 2 is 2.08 bits per heavy atom. The number of aromatic amines is 2. The molecule has 1 fully saturated rings. The molecular weight excluding hydrogens is 324 g/mol. The van der Waals surface area contributed by atoms with Crippen molar-refractivity contribution in [2.75, 3.05) is 18.0 Å². The summed E-state index contributed by atoms with van der Waals surface area (Å²) in [7, 11) is 0. The lowest BCUT2D eigenvalue weighted by atomic mass is 10.1. The van der Waals surface area contributed by atoms with Crippen LogP contribution in [0.4, 0.5) is 5.95 Å². The molecule has 1 saturated heterocycles. The lowest BCUT2D eigenvalue weighted by molar-refractivity contribution is 0.417. The molecule has 6 nitrogen and oxygen atoms in total. The van der Waals surface area contributed by atoms with Gasteiger partial charge >= 0.3 is 0 Å². The van der Waals surface area contributed by atoms with E-state index in [4.69, 9.17) is 4.98 Å². The number of nitrogens with one attached hydrogen (secondary N) is 3. The van der Waals surface area contributed by atoms with Gasteiger partial charge in [-0.15, -0.1) is 0 Å². The molecule has 1 aliphatic heterocycles. The summed E-state index contributed by atoms with van der Waals surface area (Å²) in [6.07, 6.45) is 4.28. The molecule has 4 aromatic rings. The number of imidazole rings is 1. The summed E-state index contributed by atoms with van der Waals surface area (Å²) in [6.45, 7) is 2.79. The van der Waals surface area contributed by atoms with Gasteiger partial charge in [-0.05, 0) is 43.2 Å². The van der Waals surface area contributed by atoms with E-state index < -0.39 is 0 Å². The quantitative estimate of drug-likeness (QED) is 0.531. The Kier molecular flexibility index (Phi) is 3.83. The number of aromatic nitrogens is 4. The maximum Gasteiger partial charge on any atom is 0.203 e. The highest BCUT2D eigenvalue weighted by atomic mass is 15.3. The van der Waals surface area contributed by atoms with Gasteiger partial charge in [-0.1, -0.05) is 12.1 Å². The van der Waals surface area contributed by atoms with Crippen LogP contribution < -0.4 is 10.2 Å². The second-order valence-electron chi connectivity index (χ2n) is 6.96. The summed E-state index contributed by atoms with van der Waals surface area (Å²) in [5.74, 6) is 0.976. The van der Waals surface area contributed by atoms with Crippen LogP contribution in [0.1, 0.15) is 18.5 Å². The Bertz CT molecular complexity index is 1000. The molecule has 26 heavy (non-hydrogen) atoms. The van der Waals surface area contributed by atoms with Crippen molar-refractivity contribution in [2.24, 2.45) is 0 Å². The molecule has 0 bridgehead atoms. The molecule has 0 aliphatic carbocycles. The minimum absolute atomic E-state index is 0.443. The molecule has 1 aromatic carbocycles. The third-order valence-electron chi connectivity index (χ3n) is 5.14. The van der Waals surface area contributed by atoms with Gasteiger partial charge < -0.3 is 20.2 Å². The molecule has 0 spiro atoms. The van der Waals surface area contributed by atoms with Crippen LogP contribution in [0.5, 0.6) is 0 Å². The second-order valence-corrected chi connectivity index (χ2v) is 6.96. The second kappa shape index (κ2) is 6.46. The van der Waals surface area contributed by atoms with Gasteiger partial charge in [0, 0.05) is 37.3 Å². The number of benzene rings is 1. The number of H-pyrrole nitrogens is 2. The molecule has 3 aromatic heterocycles. The number of hydrogen-bond donors (Lipinski definition) is 3. The summed E-state index contributed by atoms with van der Waals surface area (Å²) < 4.78 is 0. The van der Waals surface area contributed by atoms with E-state index in [0.29, 0.717) is 6.04 Å². The molecular formula is C20H22N6. The van der Waals surface area contributed by atoms with Crippen LogP contribution in [0.2, 0.25) is 0 Å². The Morgan fingerprint density at radius 3 is 3.04 bits per heavy atom. The molecule has 1 atom stereocenters. The van der Waals surface area contributed by atoms with Gasteiger partial charge in [-0.25, -0.2) is 9.97 Å². The zero-order chi connectivity index (χ0) is 17.3. The number of fused-ring (bicyclic) bond motifs is 2. The van der Waals surface area contributed by atoms with Crippen molar-refractivity contribution in [3.8, 4) is 0 Å². The van der Waals surface area contributed by atoms with Crippen molar-refractivity contribution in [1.29, 1.82) is 0 Å². The number of para-hydroxylation sites is 2. The van der Waals surface area contributed by atoms with Gasteiger partial charge in [0.2, 0.25) is 5.95 Å². The molecule has 5 rings (SSSR count). The molecule has 132 valence electrons. The van der Waals surface area contributed by atoms with Crippen molar-refractivity contribution in [2.45, 2.75) is 25.4 Å². The smallest absolute Gasteiger partial charge is 0.203 e. The van der Waals surface area contributed by atoms with Gasteiger partial charge in [0.1, 0.15) is 5.65 Å². The SMILES string of the molecule is c1ccc2[nH]c(N3CCCC(NCc4ccc5cc[nH]c5n4)C3)nc2c1. The third kappa shape index (κ3) is 2.93. The van der Waals surface area contributed by atoms with Crippen LogP contribution in [0.15, 0.2) is 48.7 Å². The average Bonchev–Trinajstić information content (AvgIpc) is 3.32. The van der Waals surface area contributed by atoms with E-state index in [2.05, 4.69) is 49.4 Å². The van der Waals surface area contributed by atoms with Gasteiger partial charge in [0.25, 0.3) is 0 Å². The first-order valence-electron chi connectivity index (χ1n) is 9.21. The van der Waals surface area contributed by atoms with Crippen LogP contribution >= 0.6 is 0 Å². The van der Waals surface area contributed by atoms with Crippen molar-refractivity contribution < 1.29 is 0 Å². The molecule has 6 heteroatoms. The number of piperidine rings is 1. The molecule has 0 saturated carbocycles. The average molecular weight is 346 g/mol. The first kappa shape index (κ1) is 15.4. The normalized spacial score (nSPS) is 18.0. The van der Waals surface area contributed by atoms with Crippen LogP contribution in [0.3, 0.4) is 0 Å². The van der Waals surface area contributed by atoms with Crippen molar-refractivity contribution in [1.82, 2.24) is 25.3 Å². The molecule has 4 heterocycles. The number of nitrogens with zero attached hydrogens (tertiary/aromatic N) is 3. The molecule has 3 N–H and O–H groups in total. The minimum atomic E-state index is 0.443. The molecule has 0 radical (unpaired) electrons. The monoisotopic (exact) mass is 346 g/mol. The van der Waals surface area contributed by atoms with Gasteiger partial charge in [0.15, 0.2) is 0 Å². The Balaban J connectivity index is 1.26. The predicted molar refractivity (Wildman–Crippen MR) is 104 cm³/mol. The van der Waals surface area contributed by atoms with E-state index >= 15 is 0 Å². The van der Waals surface area contributed by atoms with Gasteiger partial charge in [-0.2, -0.15) is 0 Å². The summed E-state index contributed by atoms with van der Waals surface area (Å²) in [5, 5.41) is 4.82. The van der Waals surface area contributed by atoms with Crippen LogP contribution in [0.25, 0.3) is 22.1 Å². The highest BCUT2D eigenvalue weighted by Gasteiger charge is 2.22. The summed E-state index contributed by atoms with van der Waals surface area (Å²) in [4.78, 5) is 18.4. The lowest BCUT2D eigenvalue weighted by Crippen LogP contribution is -2.46. The van der Waals surface area contributed by atoms with Crippen molar-refractivity contribution >= 4 is 28.0 Å². The highest BCUT2D eigenvalue weighted by Crippen LogP contribution is 2.21. The molecule has 0 amide bonds. The van der Waals surface area contributed by atoms with Crippen molar-refractivity contribution in [3.05, 3.63) is 54.4 Å². The van der Waals surface area contributed by atoms with Crippen LogP contribution in [-0.2, 0) is 6.54 Å². The third-order valence-corrected chi connectivity index (χ3v) is 5.14. The van der Waals surface area contributed by atoms with Crippen molar-refractivity contribution in [3.63, 3.8) is 0 Å². The van der Waals surface area contributed by atoms with E-state index in [9.17, 15) is 0 Å². The van der Waals surface area contributed by atoms with E-state index in [1.165, 1.54) is 6.42 Å². The summed E-state index contributed by atoms with van der Waals surface area (Å²) >= 11 is 0. The van der Waals surface area contributed by atoms with Gasteiger partial charge in [-0.3, -0.25) is 0 Å². The minimum Gasteiger partial charge on any atom is -0.346 e. The van der Waals surface area contributed by atoms with Gasteiger partial charge in [0.05, 0.1) is 16.7 Å². The predicted octanol–water partition coefficient (Wildman–Crippen LogP) is 3.20. The Morgan fingerprint density at radius 1 is 1.12 bits per heavy atom. The fourth-order valence-corrected chi connectivity index (χ4v) is 3.74. The molecule has 1 aliphatic rings. The standard InChI is InChI=1S/C20H22N6/c1-2-6-18-17(5-1)24-20(25-18)26-11-3-4-16(13-26)22-12-15-8-7-14-9-10-21-19(14)23-15/h1-2,5-10,16,22H,3-4,11-13H2,(H,21,23)(H,24,25). The van der Waals surface area contributed by atoms with Crippen LogP contribution in [-0.4, -0.2) is 39.1 Å². The van der Waals surface area contributed by atoms with E-state index in [0.717, 1.165) is 59.8 Å². The van der Waals surface area contributed by atoms with E-state index in [1.54, 1.807) is 0 Å². The number of hydrogen-bond acceptors (Lipinski definition) is 4. The van der Waals surface area contributed by atoms with Crippen LogP contribution in [0, 0.1) is 0 Å². The highest BCUT2D eigenvalue weighted by molar-refractivity contribution is 5.77. The maximum atomic E-state index is 4.74. The summed E-state index contributed by atoms with van der Waals surface area (Å²) in [5.41, 5.74) is 4.15. The number of pyridine rings is 1. The number of anilines is 1. The molecule has 1 unspecified atom stereocenters.